The fraction of sp³-hybridized carbons (Fsp3) is 0.647. The van der Waals surface area contributed by atoms with Gasteiger partial charge in [-0.25, -0.2) is 4.39 Å². The molecule has 4 heteroatoms. The lowest BCUT2D eigenvalue weighted by Crippen LogP contribution is -2.40. The smallest absolute Gasteiger partial charge is 0.125 e. The van der Waals surface area contributed by atoms with Crippen LogP contribution in [0.2, 0.25) is 5.02 Å². The number of aliphatic hydroxyl groups is 1. The van der Waals surface area contributed by atoms with Crippen LogP contribution in [-0.4, -0.2) is 11.7 Å². The first-order valence-corrected chi connectivity index (χ1v) is 8.10. The largest absolute Gasteiger partial charge is 0.388 e. The van der Waals surface area contributed by atoms with Gasteiger partial charge in [-0.3, -0.25) is 0 Å². The normalized spacial score (nSPS) is 27.9. The van der Waals surface area contributed by atoms with Crippen LogP contribution in [0.5, 0.6) is 0 Å². The Balaban J connectivity index is 2.21. The van der Waals surface area contributed by atoms with E-state index in [0.29, 0.717) is 29.0 Å². The molecule has 1 fully saturated rings. The maximum Gasteiger partial charge on any atom is 0.125 e. The highest BCUT2D eigenvalue weighted by Crippen LogP contribution is 2.48. The van der Waals surface area contributed by atoms with Crippen LogP contribution in [-0.2, 0) is 0 Å². The molecule has 0 radical (unpaired) electrons. The summed E-state index contributed by atoms with van der Waals surface area (Å²) in [5, 5.41) is 11.1. The quantitative estimate of drug-likeness (QED) is 0.870. The lowest BCUT2D eigenvalue weighted by atomic mass is 9.64. The summed E-state index contributed by atoms with van der Waals surface area (Å²) in [6.07, 6.45) is 3.12. The molecule has 0 aromatic heterocycles. The highest BCUT2D eigenvalue weighted by Gasteiger charge is 2.41. The summed E-state index contributed by atoms with van der Waals surface area (Å²) >= 11 is 5.90. The number of benzene rings is 1. The number of hydrogen-bond acceptors (Lipinski definition) is 2. The van der Waals surface area contributed by atoms with Crippen molar-refractivity contribution in [2.24, 2.45) is 23.0 Å². The van der Waals surface area contributed by atoms with Gasteiger partial charge in [0, 0.05) is 17.0 Å². The molecule has 1 aliphatic carbocycles. The van der Waals surface area contributed by atoms with Crippen molar-refractivity contribution in [1.29, 1.82) is 0 Å². The van der Waals surface area contributed by atoms with Gasteiger partial charge in [0.25, 0.3) is 0 Å². The van der Waals surface area contributed by atoms with E-state index >= 15 is 0 Å². The van der Waals surface area contributed by atoms with Crippen LogP contribution in [0.15, 0.2) is 18.2 Å². The molecule has 1 saturated carbocycles. The van der Waals surface area contributed by atoms with Crippen LogP contribution in [0.1, 0.15) is 51.2 Å². The molecular formula is C17H25ClFNO. The molecule has 0 amide bonds. The molecule has 1 unspecified atom stereocenters. The van der Waals surface area contributed by atoms with Crippen molar-refractivity contribution in [3.63, 3.8) is 0 Å². The van der Waals surface area contributed by atoms with Crippen LogP contribution >= 0.6 is 11.6 Å². The Kier molecular flexibility index (Phi) is 5.29. The monoisotopic (exact) mass is 313 g/mol. The molecule has 1 aliphatic rings. The van der Waals surface area contributed by atoms with Crippen LogP contribution in [0.3, 0.4) is 0 Å². The van der Waals surface area contributed by atoms with Gasteiger partial charge in [0.05, 0.1) is 6.10 Å². The molecule has 2 nitrogen and oxygen atoms in total. The Labute approximate surface area is 131 Å². The lowest BCUT2D eigenvalue weighted by Gasteiger charge is -2.44. The molecule has 0 aliphatic heterocycles. The minimum absolute atomic E-state index is 0.312. The van der Waals surface area contributed by atoms with Crippen molar-refractivity contribution in [1.82, 2.24) is 0 Å². The third kappa shape index (κ3) is 3.58. The fourth-order valence-electron chi connectivity index (χ4n) is 3.56. The van der Waals surface area contributed by atoms with Gasteiger partial charge in [-0.2, -0.15) is 0 Å². The average Bonchev–Trinajstić information content (AvgIpc) is 2.45. The lowest BCUT2D eigenvalue weighted by molar-refractivity contribution is -0.0149. The average molecular weight is 314 g/mol. The molecule has 21 heavy (non-hydrogen) atoms. The van der Waals surface area contributed by atoms with Gasteiger partial charge in [0.2, 0.25) is 0 Å². The zero-order valence-corrected chi connectivity index (χ0v) is 13.5. The zero-order chi connectivity index (χ0) is 15.6. The first kappa shape index (κ1) is 16.7. The Bertz CT molecular complexity index is 463. The summed E-state index contributed by atoms with van der Waals surface area (Å²) < 4.78 is 13.5. The molecule has 1 atom stereocenters. The predicted molar refractivity (Wildman–Crippen MR) is 84.7 cm³/mol. The van der Waals surface area contributed by atoms with Crippen molar-refractivity contribution in [2.45, 2.75) is 45.6 Å². The first-order chi connectivity index (χ1) is 9.88. The number of hydrogen-bond donors (Lipinski definition) is 2. The van der Waals surface area contributed by atoms with Gasteiger partial charge in [-0.15, -0.1) is 0 Å². The Morgan fingerprint density at radius 3 is 2.43 bits per heavy atom. The topological polar surface area (TPSA) is 46.2 Å². The van der Waals surface area contributed by atoms with E-state index in [-0.39, 0.29) is 5.41 Å². The van der Waals surface area contributed by atoms with E-state index < -0.39 is 11.9 Å². The van der Waals surface area contributed by atoms with Crippen molar-refractivity contribution in [3.05, 3.63) is 34.6 Å². The van der Waals surface area contributed by atoms with Gasteiger partial charge in [-0.1, -0.05) is 25.4 Å². The number of aliphatic hydroxyl groups excluding tert-OH is 1. The molecule has 0 saturated heterocycles. The molecule has 3 N–H and O–H groups in total. The van der Waals surface area contributed by atoms with Gasteiger partial charge >= 0.3 is 0 Å². The maximum absolute atomic E-state index is 13.5. The van der Waals surface area contributed by atoms with E-state index in [1.54, 1.807) is 6.07 Å². The molecular weight excluding hydrogens is 289 g/mol. The summed E-state index contributed by atoms with van der Waals surface area (Å²) in [7, 11) is 0. The summed E-state index contributed by atoms with van der Waals surface area (Å²) in [4.78, 5) is 0. The minimum Gasteiger partial charge on any atom is -0.388 e. The summed E-state index contributed by atoms with van der Waals surface area (Å²) in [5.41, 5.74) is 6.16. The molecule has 1 aromatic carbocycles. The maximum atomic E-state index is 13.5. The van der Waals surface area contributed by atoms with E-state index in [9.17, 15) is 9.50 Å². The summed E-state index contributed by atoms with van der Waals surface area (Å²) in [6, 6.07) is 4.26. The van der Waals surface area contributed by atoms with Crippen LogP contribution in [0.25, 0.3) is 0 Å². The van der Waals surface area contributed by atoms with Gasteiger partial charge in [0.15, 0.2) is 0 Å². The molecule has 2 rings (SSSR count). The third-order valence-corrected chi connectivity index (χ3v) is 5.37. The Hall–Kier alpha value is -0.640. The fourth-order valence-corrected chi connectivity index (χ4v) is 3.79. The zero-order valence-electron chi connectivity index (χ0n) is 12.8. The summed E-state index contributed by atoms with van der Waals surface area (Å²) in [5.74, 6) is 0.925. The van der Waals surface area contributed by atoms with Gasteiger partial charge in [-0.05, 0) is 61.3 Å². The second kappa shape index (κ2) is 6.64. The van der Waals surface area contributed by atoms with E-state index in [4.69, 9.17) is 17.3 Å². The highest BCUT2D eigenvalue weighted by molar-refractivity contribution is 6.30. The second-order valence-electron chi connectivity index (χ2n) is 6.75. The van der Waals surface area contributed by atoms with Crippen LogP contribution < -0.4 is 5.73 Å². The van der Waals surface area contributed by atoms with Crippen LogP contribution in [0, 0.1) is 23.1 Å². The third-order valence-electron chi connectivity index (χ3n) is 5.16. The van der Waals surface area contributed by atoms with Crippen molar-refractivity contribution < 1.29 is 9.50 Å². The number of rotatable bonds is 4. The minimum atomic E-state index is -0.760. The van der Waals surface area contributed by atoms with E-state index in [2.05, 4.69) is 13.8 Å². The first-order valence-electron chi connectivity index (χ1n) is 7.72. The SMILES string of the molecule is CC(C)C1CCC(CN)(C(O)c2cc(F)cc(Cl)c2)CC1. The van der Waals surface area contributed by atoms with E-state index in [0.717, 1.165) is 25.7 Å². The van der Waals surface area contributed by atoms with Gasteiger partial charge < -0.3 is 10.8 Å². The standard InChI is InChI=1S/C17H25ClFNO/c1-11(2)12-3-5-17(10-20,6-4-12)16(21)13-7-14(18)9-15(19)8-13/h7-9,11-12,16,21H,3-6,10,20H2,1-2H3. The molecule has 0 spiro atoms. The Morgan fingerprint density at radius 1 is 1.33 bits per heavy atom. The molecule has 0 bridgehead atoms. The van der Waals surface area contributed by atoms with E-state index in [1.165, 1.54) is 12.1 Å². The molecule has 0 heterocycles. The number of nitrogens with two attached hydrogens (primary N) is 1. The molecule has 1 aromatic rings. The summed E-state index contributed by atoms with van der Waals surface area (Å²) in [6.45, 7) is 4.89. The van der Waals surface area contributed by atoms with Crippen molar-refractivity contribution >= 4 is 11.6 Å². The van der Waals surface area contributed by atoms with Crippen molar-refractivity contribution in [2.75, 3.05) is 6.54 Å². The van der Waals surface area contributed by atoms with Crippen molar-refractivity contribution in [3.8, 4) is 0 Å². The Morgan fingerprint density at radius 2 is 1.95 bits per heavy atom. The van der Waals surface area contributed by atoms with E-state index in [1.807, 2.05) is 0 Å². The second-order valence-corrected chi connectivity index (χ2v) is 7.19. The highest BCUT2D eigenvalue weighted by atomic mass is 35.5. The van der Waals surface area contributed by atoms with Gasteiger partial charge in [0.1, 0.15) is 5.82 Å². The number of halogens is 2. The molecule has 118 valence electrons. The van der Waals surface area contributed by atoms with Crippen LogP contribution in [0.4, 0.5) is 4.39 Å². The predicted octanol–water partition coefficient (Wildman–Crippen LogP) is 4.30.